The molecule has 326 valence electrons. The molecule has 0 bridgehead atoms. The molecule has 6 atom stereocenters. The lowest BCUT2D eigenvalue weighted by molar-refractivity contribution is -0.143. The molecule has 0 aliphatic heterocycles. The van der Waals surface area contributed by atoms with Crippen LogP contribution in [-0.4, -0.2) is 122 Å². The zero-order valence-electron chi connectivity index (χ0n) is 33.3. The summed E-state index contributed by atoms with van der Waals surface area (Å²) in [6.07, 6.45) is 2.42. The Labute approximate surface area is 355 Å². The molecule has 0 radical (unpaired) electrons. The van der Waals surface area contributed by atoms with Gasteiger partial charge in [0.25, 0.3) is 0 Å². The van der Waals surface area contributed by atoms with Gasteiger partial charge in [0, 0.05) is 36.4 Å². The number of benzene rings is 3. The van der Waals surface area contributed by atoms with E-state index in [1.54, 1.807) is 12.3 Å². The maximum Gasteiger partial charge on any atom is 0.328 e. The third kappa shape index (κ3) is 14.7. The minimum Gasteiger partial charge on any atom is -0.508 e. The van der Waals surface area contributed by atoms with Gasteiger partial charge in [-0.15, -0.1) is 0 Å². The number of aromatic hydroxyl groups is 1. The summed E-state index contributed by atoms with van der Waals surface area (Å²) in [5.74, 6) is -6.73. The Bertz CT molecular complexity index is 2130. The van der Waals surface area contributed by atoms with Crippen LogP contribution in [0, 0.1) is 0 Å². The van der Waals surface area contributed by atoms with Gasteiger partial charge in [0.2, 0.25) is 29.5 Å². The average Bonchev–Trinajstić information content (AvgIpc) is 3.65. The number of fused-ring (bicyclic) bond motifs is 1. The van der Waals surface area contributed by atoms with Crippen molar-refractivity contribution in [3.63, 3.8) is 0 Å². The molecule has 0 saturated carbocycles. The molecule has 0 saturated heterocycles. The van der Waals surface area contributed by atoms with Crippen molar-refractivity contribution >= 4 is 64.1 Å². The highest BCUT2D eigenvalue weighted by atomic mass is 32.2. The van der Waals surface area contributed by atoms with Crippen molar-refractivity contribution in [3.05, 3.63) is 102 Å². The Morgan fingerprint density at radius 1 is 0.639 bits per heavy atom. The Kier molecular flexibility index (Phi) is 18.1. The monoisotopic (exact) mass is 861 g/mol. The number of phenols is 1. The second-order valence-electron chi connectivity index (χ2n) is 14.3. The number of carboxylic acid groups (broad SMARTS) is 2. The van der Waals surface area contributed by atoms with Crippen LogP contribution in [0.3, 0.4) is 0 Å². The summed E-state index contributed by atoms with van der Waals surface area (Å²) in [6.45, 7) is -0.968. The van der Waals surface area contributed by atoms with Crippen LogP contribution in [0.4, 0.5) is 0 Å². The number of carbonyl (C=O) groups excluding carboxylic acids is 5. The van der Waals surface area contributed by atoms with Crippen LogP contribution in [0.15, 0.2) is 85.1 Å². The smallest absolute Gasteiger partial charge is 0.328 e. The second kappa shape index (κ2) is 23.4. The van der Waals surface area contributed by atoms with Gasteiger partial charge in [0.15, 0.2) is 0 Å². The minimum atomic E-state index is -1.73. The molecular formula is C42H51N7O11S. The number of aromatic nitrogens is 1. The Balaban J connectivity index is 1.62. The van der Waals surface area contributed by atoms with Gasteiger partial charge in [-0.05, 0) is 66.2 Å². The number of rotatable bonds is 24. The molecule has 1 aromatic heterocycles. The van der Waals surface area contributed by atoms with Gasteiger partial charge in [-0.1, -0.05) is 60.7 Å². The van der Waals surface area contributed by atoms with Crippen molar-refractivity contribution in [2.45, 2.75) is 74.8 Å². The first-order valence-electron chi connectivity index (χ1n) is 19.4. The SMILES string of the molecule is CSCC[C@H](NC(=O)[C@@H](N)Cc1ccccc1)C(=O)N[C@@H](Cc1c[nH]c2ccccc12)C(=O)N[C@@H](CCC(=O)O)C(=O)N[C@@H](Cc1ccc(O)cc1)C(=O)N[C@@H](CO)C(=O)O. The van der Waals surface area contributed by atoms with Crippen molar-refractivity contribution < 1.29 is 54.0 Å². The van der Waals surface area contributed by atoms with E-state index in [-0.39, 0.29) is 31.4 Å². The summed E-state index contributed by atoms with van der Waals surface area (Å²) in [4.78, 5) is 95.4. The van der Waals surface area contributed by atoms with E-state index >= 15 is 0 Å². The molecule has 0 unspecified atom stereocenters. The van der Waals surface area contributed by atoms with Crippen LogP contribution in [-0.2, 0) is 52.8 Å². The van der Waals surface area contributed by atoms with E-state index in [1.807, 2.05) is 54.8 Å². The Hall–Kier alpha value is -6.44. The summed E-state index contributed by atoms with van der Waals surface area (Å²) >= 11 is 1.43. The van der Waals surface area contributed by atoms with Gasteiger partial charge >= 0.3 is 11.9 Å². The Morgan fingerprint density at radius 3 is 1.77 bits per heavy atom. The van der Waals surface area contributed by atoms with E-state index in [9.17, 15) is 54.0 Å². The average molecular weight is 862 g/mol. The molecule has 0 spiro atoms. The van der Waals surface area contributed by atoms with Gasteiger partial charge < -0.3 is 57.7 Å². The molecule has 0 aliphatic carbocycles. The van der Waals surface area contributed by atoms with E-state index in [1.165, 1.54) is 36.0 Å². The maximum atomic E-state index is 14.3. The molecule has 3 aromatic carbocycles. The zero-order chi connectivity index (χ0) is 44.5. The number of nitrogens with one attached hydrogen (secondary N) is 6. The molecule has 1 heterocycles. The summed E-state index contributed by atoms with van der Waals surface area (Å²) < 4.78 is 0. The molecular weight excluding hydrogens is 811 g/mol. The highest BCUT2D eigenvalue weighted by Gasteiger charge is 2.34. The van der Waals surface area contributed by atoms with Gasteiger partial charge in [0.1, 0.15) is 36.0 Å². The van der Waals surface area contributed by atoms with Crippen LogP contribution in [0.2, 0.25) is 0 Å². The van der Waals surface area contributed by atoms with Crippen LogP contribution in [0.1, 0.15) is 36.0 Å². The van der Waals surface area contributed by atoms with Crippen molar-refractivity contribution in [2.75, 3.05) is 18.6 Å². The lowest BCUT2D eigenvalue weighted by Gasteiger charge is -2.27. The largest absolute Gasteiger partial charge is 0.508 e. The summed E-state index contributed by atoms with van der Waals surface area (Å²) in [6, 6.07) is 13.5. The van der Waals surface area contributed by atoms with Crippen LogP contribution in [0.5, 0.6) is 5.75 Å². The highest BCUT2D eigenvalue weighted by Crippen LogP contribution is 2.20. The number of aliphatic hydroxyl groups excluding tert-OH is 1. The van der Waals surface area contributed by atoms with Crippen molar-refractivity contribution in [1.82, 2.24) is 31.6 Å². The van der Waals surface area contributed by atoms with E-state index < -0.39 is 97.2 Å². The number of hydrogen-bond acceptors (Lipinski definition) is 11. The molecule has 4 rings (SSSR count). The van der Waals surface area contributed by atoms with Gasteiger partial charge in [-0.2, -0.15) is 11.8 Å². The maximum absolute atomic E-state index is 14.3. The number of aliphatic carboxylic acids is 2. The fraction of sp³-hybridized carbons (Fsp3) is 0.357. The summed E-state index contributed by atoms with van der Waals surface area (Å²) in [7, 11) is 0. The number of aromatic amines is 1. The molecule has 18 nitrogen and oxygen atoms in total. The summed E-state index contributed by atoms with van der Waals surface area (Å²) in [5.41, 5.74) is 8.82. The molecule has 5 amide bonds. The molecule has 19 heteroatoms. The standard InChI is InChI=1S/C42H51N7O11S/c1-61-18-17-32(45-37(54)29(43)19-24-7-3-2-4-8-24)39(56)48-34(21-26-22-44-30-10-6-5-9-28(26)30)41(58)46-31(15-16-36(52)53)38(55)47-33(20-25-11-13-27(51)14-12-25)40(57)49-35(23-50)42(59)60/h2-14,22,29,31-35,44,50-51H,15-21,23,43H2,1H3,(H,45,54)(H,46,58)(H,47,55)(H,48,56)(H,49,57)(H,52,53)(H,59,60)/t29-,31-,32-,33-,34-,35-/m0/s1. The molecule has 12 N–H and O–H groups in total. The number of nitrogens with two attached hydrogens (primary N) is 1. The fourth-order valence-electron chi connectivity index (χ4n) is 6.36. The molecule has 0 aliphatic rings. The first-order chi connectivity index (χ1) is 29.2. The van der Waals surface area contributed by atoms with Crippen LogP contribution >= 0.6 is 11.8 Å². The van der Waals surface area contributed by atoms with Crippen LogP contribution < -0.4 is 32.3 Å². The number of H-pyrrole nitrogens is 1. The van der Waals surface area contributed by atoms with E-state index in [4.69, 9.17) is 5.73 Å². The van der Waals surface area contributed by atoms with E-state index in [0.29, 0.717) is 16.9 Å². The highest BCUT2D eigenvalue weighted by molar-refractivity contribution is 7.98. The lowest BCUT2D eigenvalue weighted by atomic mass is 10.0. The number of carbonyl (C=O) groups is 7. The van der Waals surface area contributed by atoms with E-state index in [2.05, 4.69) is 31.6 Å². The van der Waals surface area contributed by atoms with Crippen molar-refractivity contribution in [3.8, 4) is 5.75 Å². The van der Waals surface area contributed by atoms with Crippen LogP contribution in [0.25, 0.3) is 10.9 Å². The normalized spacial score (nSPS) is 14.0. The predicted molar refractivity (Wildman–Crippen MR) is 226 cm³/mol. The first kappa shape index (κ1) is 47.2. The van der Waals surface area contributed by atoms with E-state index in [0.717, 1.165) is 16.5 Å². The number of para-hydroxylation sites is 1. The number of thioether (sulfide) groups is 1. The minimum absolute atomic E-state index is 0.0877. The molecule has 61 heavy (non-hydrogen) atoms. The van der Waals surface area contributed by atoms with Crippen molar-refractivity contribution in [1.29, 1.82) is 0 Å². The van der Waals surface area contributed by atoms with Gasteiger partial charge in [-0.25, -0.2) is 4.79 Å². The number of amides is 5. The zero-order valence-corrected chi connectivity index (χ0v) is 34.2. The topological polar surface area (TPSA) is 302 Å². The van der Waals surface area contributed by atoms with Gasteiger partial charge in [-0.3, -0.25) is 28.8 Å². The quantitative estimate of drug-likeness (QED) is 0.0454. The molecule has 4 aromatic rings. The van der Waals surface area contributed by atoms with Crippen molar-refractivity contribution in [2.24, 2.45) is 5.73 Å². The number of carboxylic acids is 2. The first-order valence-corrected chi connectivity index (χ1v) is 20.8. The second-order valence-corrected chi connectivity index (χ2v) is 15.3. The van der Waals surface area contributed by atoms with Gasteiger partial charge in [0.05, 0.1) is 12.6 Å². The number of phenolic OH excluding ortho intramolecular Hbond substituents is 1. The summed E-state index contributed by atoms with van der Waals surface area (Å²) in [5, 5.41) is 51.6. The molecule has 0 fully saturated rings. The third-order valence-corrected chi connectivity index (χ3v) is 10.3. The third-order valence-electron chi connectivity index (χ3n) is 9.70. The lowest BCUT2D eigenvalue weighted by Crippen LogP contribution is -2.60. The number of hydrogen-bond donors (Lipinski definition) is 11. The Morgan fingerprint density at radius 2 is 1.16 bits per heavy atom. The fourth-order valence-corrected chi connectivity index (χ4v) is 6.83. The number of aliphatic hydroxyl groups is 1. The predicted octanol–water partition coefficient (Wildman–Crippen LogP) is 0.348.